The summed E-state index contributed by atoms with van der Waals surface area (Å²) in [6.45, 7) is 0. The Balaban J connectivity index is 3.05. The second-order valence-electron chi connectivity index (χ2n) is 10.0. The predicted molar refractivity (Wildman–Crippen MR) is 140 cm³/mol. The van der Waals surface area contributed by atoms with Crippen LogP contribution in [0.4, 0.5) is 0 Å². The minimum atomic E-state index is -3.78. The van der Waals surface area contributed by atoms with Crippen molar-refractivity contribution in [2.75, 3.05) is 6.16 Å². The van der Waals surface area contributed by atoms with Crippen molar-refractivity contribution < 1.29 is 24.3 Å². The van der Waals surface area contributed by atoms with E-state index in [0.717, 1.165) is 25.7 Å². The van der Waals surface area contributed by atoms with E-state index in [-0.39, 0.29) is 6.16 Å². The van der Waals surface area contributed by atoms with Gasteiger partial charge >= 0.3 is 13.6 Å². The lowest BCUT2D eigenvalue weighted by atomic mass is 10.0. The topological polar surface area (TPSA) is 94.8 Å². The molecular formula is C27H55O5P. The lowest BCUT2D eigenvalue weighted by molar-refractivity contribution is -0.137. The monoisotopic (exact) mass is 490 g/mol. The number of hydrogen-bond acceptors (Lipinski definition) is 2. The fourth-order valence-corrected chi connectivity index (χ4v) is 5.12. The van der Waals surface area contributed by atoms with Crippen LogP contribution in [0, 0.1) is 0 Å². The average Bonchev–Trinajstić information content (AvgIpc) is 2.75. The van der Waals surface area contributed by atoms with Gasteiger partial charge in [-0.1, -0.05) is 141 Å². The van der Waals surface area contributed by atoms with E-state index in [0.29, 0.717) is 12.8 Å². The minimum Gasteiger partial charge on any atom is -0.481 e. The zero-order chi connectivity index (χ0) is 24.5. The Morgan fingerprint density at radius 2 is 0.636 bits per heavy atom. The molecule has 0 saturated heterocycles. The van der Waals surface area contributed by atoms with Gasteiger partial charge in [-0.3, -0.25) is 9.36 Å². The number of rotatable bonds is 27. The molecule has 0 bridgehead atoms. The van der Waals surface area contributed by atoms with Crippen molar-refractivity contribution in [3.63, 3.8) is 0 Å². The van der Waals surface area contributed by atoms with Gasteiger partial charge in [-0.25, -0.2) is 0 Å². The van der Waals surface area contributed by atoms with Crippen molar-refractivity contribution in [1.82, 2.24) is 0 Å². The lowest BCUT2D eigenvalue weighted by Gasteiger charge is -2.05. The Kier molecular flexibility index (Phi) is 24.5. The Morgan fingerprint density at radius 1 is 0.424 bits per heavy atom. The van der Waals surface area contributed by atoms with E-state index in [1.54, 1.807) is 0 Å². The van der Waals surface area contributed by atoms with E-state index in [2.05, 4.69) is 0 Å². The van der Waals surface area contributed by atoms with Crippen LogP contribution in [-0.4, -0.2) is 27.0 Å². The zero-order valence-electron chi connectivity index (χ0n) is 21.5. The Morgan fingerprint density at radius 3 is 0.848 bits per heavy atom. The van der Waals surface area contributed by atoms with Crippen LogP contribution in [0.5, 0.6) is 0 Å². The first-order valence-electron chi connectivity index (χ1n) is 14.2. The van der Waals surface area contributed by atoms with E-state index in [1.165, 1.54) is 122 Å². The summed E-state index contributed by atoms with van der Waals surface area (Å²) >= 11 is 0. The summed E-state index contributed by atoms with van der Waals surface area (Å²) in [4.78, 5) is 28.1. The van der Waals surface area contributed by atoms with Gasteiger partial charge < -0.3 is 14.9 Å². The first kappa shape index (κ1) is 32.6. The summed E-state index contributed by atoms with van der Waals surface area (Å²) in [5.41, 5.74) is 0. The molecule has 0 saturated carbocycles. The molecule has 0 aromatic carbocycles. The number of unbranched alkanes of at least 4 members (excludes halogenated alkanes) is 23. The van der Waals surface area contributed by atoms with E-state index >= 15 is 0 Å². The normalized spacial score (nSPS) is 11.8. The first-order valence-corrected chi connectivity index (χ1v) is 16.0. The van der Waals surface area contributed by atoms with Gasteiger partial charge in [-0.15, -0.1) is 0 Å². The van der Waals surface area contributed by atoms with Crippen LogP contribution in [-0.2, 0) is 9.36 Å². The molecule has 6 heteroatoms. The summed E-state index contributed by atoms with van der Waals surface area (Å²) in [5.74, 6) is -0.664. The molecule has 0 amide bonds. The Labute approximate surface area is 204 Å². The van der Waals surface area contributed by atoms with E-state index in [9.17, 15) is 9.36 Å². The lowest BCUT2D eigenvalue weighted by Crippen LogP contribution is -1.93. The van der Waals surface area contributed by atoms with Gasteiger partial charge in [0.1, 0.15) is 0 Å². The van der Waals surface area contributed by atoms with Crippen LogP contribution in [0.2, 0.25) is 0 Å². The number of aliphatic carboxylic acids is 1. The second kappa shape index (κ2) is 24.7. The molecule has 33 heavy (non-hydrogen) atoms. The molecule has 0 aromatic heterocycles. The smallest absolute Gasteiger partial charge is 0.325 e. The zero-order valence-corrected chi connectivity index (χ0v) is 22.4. The number of hydrogen-bond donors (Lipinski definition) is 3. The van der Waals surface area contributed by atoms with Gasteiger partial charge in [-0.2, -0.15) is 0 Å². The molecule has 0 aliphatic rings. The number of carbonyl (C=O) groups is 1. The molecular weight excluding hydrogens is 435 g/mol. The standard InChI is InChI=1S/C27H55O5P/c28-27(29)25-23-21-19-17-15-13-11-9-7-5-3-1-2-4-6-8-10-12-14-16-18-20-22-24-26-33(30,31)32/h1-26H2,(H,28,29)(H2,30,31,32). The highest BCUT2D eigenvalue weighted by molar-refractivity contribution is 7.51. The molecule has 0 radical (unpaired) electrons. The van der Waals surface area contributed by atoms with E-state index in [1.807, 2.05) is 0 Å². The summed E-state index contributed by atoms with van der Waals surface area (Å²) < 4.78 is 10.8. The molecule has 0 rings (SSSR count). The van der Waals surface area contributed by atoms with Gasteiger partial charge in [0.15, 0.2) is 0 Å². The van der Waals surface area contributed by atoms with Crippen molar-refractivity contribution in [1.29, 1.82) is 0 Å². The summed E-state index contributed by atoms with van der Waals surface area (Å²) in [5, 5.41) is 8.60. The largest absolute Gasteiger partial charge is 0.481 e. The molecule has 0 aliphatic heterocycles. The quantitative estimate of drug-likeness (QED) is 0.0788. The fourth-order valence-electron chi connectivity index (χ4n) is 4.48. The van der Waals surface area contributed by atoms with Gasteiger partial charge in [0.05, 0.1) is 0 Å². The molecule has 0 unspecified atom stereocenters. The maximum Gasteiger partial charge on any atom is 0.325 e. The average molecular weight is 491 g/mol. The molecule has 0 fully saturated rings. The molecule has 198 valence electrons. The minimum absolute atomic E-state index is 0.0495. The van der Waals surface area contributed by atoms with Crippen molar-refractivity contribution in [3.8, 4) is 0 Å². The van der Waals surface area contributed by atoms with Crippen LogP contribution in [0.25, 0.3) is 0 Å². The third-order valence-corrected chi connectivity index (χ3v) is 7.49. The fraction of sp³-hybridized carbons (Fsp3) is 0.963. The van der Waals surface area contributed by atoms with Crippen molar-refractivity contribution in [3.05, 3.63) is 0 Å². The summed E-state index contributed by atoms with van der Waals surface area (Å²) in [7, 11) is -3.78. The van der Waals surface area contributed by atoms with Gasteiger partial charge in [0.2, 0.25) is 0 Å². The number of carboxylic acids is 1. The van der Waals surface area contributed by atoms with Crippen molar-refractivity contribution in [2.24, 2.45) is 0 Å². The highest BCUT2D eigenvalue weighted by Gasteiger charge is 2.10. The molecule has 0 aromatic rings. The van der Waals surface area contributed by atoms with Crippen LogP contribution in [0.3, 0.4) is 0 Å². The van der Waals surface area contributed by atoms with Crippen LogP contribution in [0.15, 0.2) is 0 Å². The molecule has 5 nitrogen and oxygen atoms in total. The highest BCUT2D eigenvalue weighted by atomic mass is 31.2. The van der Waals surface area contributed by atoms with Crippen molar-refractivity contribution >= 4 is 13.6 Å². The molecule has 0 atom stereocenters. The molecule has 0 aliphatic carbocycles. The van der Waals surface area contributed by atoms with Crippen LogP contribution in [0.1, 0.15) is 161 Å². The molecule has 3 N–H and O–H groups in total. The Bertz CT molecular complexity index is 463. The van der Waals surface area contributed by atoms with E-state index in [4.69, 9.17) is 14.9 Å². The molecule has 0 heterocycles. The van der Waals surface area contributed by atoms with Gasteiger partial charge in [0.25, 0.3) is 0 Å². The second-order valence-corrected chi connectivity index (χ2v) is 11.8. The van der Waals surface area contributed by atoms with E-state index < -0.39 is 13.6 Å². The maximum atomic E-state index is 10.8. The van der Waals surface area contributed by atoms with Crippen molar-refractivity contribution in [2.45, 2.75) is 161 Å². The Hall–Kier alpha value is -0.380. The number of carboxylic acid groups (broad SMARTS) is 1. The van der Waals surface area contributed by atoms with Gasteiger partial charge in [-0.05, 0) is 12.8 Å². The van der Waals surface area contributed by atoms with Crippen LogP contribution >= 0.6 is 7.60 Å². The summed E-state index contributed by atoms with van der Waals surface area (Å²) in [6.07, 6.45) is 30.5. The SMILES string of the molecule is O=C(O)CCCCCCCCCCCCCCCCCCCCCCCCCCP(=O)(O)O. The third-order valence-electron chi connectivity index (χ3n) is 6.59. The summed E-state index contributed by atoms with van der Waals surface area (Å²) in [6, 6.07) is 0. The van der Waals surface area contributed by atoms with Crippen LogP contribution < -0.4 is 0 Å². The maximum absolute atomic E-state index is 10.8. The highest BCUT2D eigenvalue weighted by Crippen LogP contribution is 2.35. The predicted octanol–water partition coefficient (Wildman–Crippen LogP) is 9.00. The first-order chi connectivity index (χ1) is 15.9. The van der Waals surface area contributed by atoms with Gasteiger partial charge in [0, 0.05) is 12.6 Å². The molecule has 0 spiro atoms. The third kappa shape index (κ3) is 31.6.